The average Bonchev–Trinajstić information content (AvgIpc) is 2.74. The predicted octanol–water partition coefficient (Wildman–Crippen LogP) is 4.00. The highest BCUT2D eigenvalue weighted by Crippen LogP contribution is 2.18. The molecule has 0 fully saturated rings. The fourth-order valence-corrected chi connectivity index (χ4v) is 2.80. The van der Waals surface area contributed by atoms with Gasteiger partial charge in [0.05, 0.1) is 0 Å². The summed E-state index contributed by atoms with van der Waals surface area (Å²) in [5, 5.41) is 5.80. The summed E-state index contributed by atoms with van der Waals surface area (Å²) in [6, 6.07) is 20.1. The number of rotatable bonds is 7. The van der Waals surface area contributed by atoms with Gasteiger partial charge in [-0.25, -0.2) is 0 Å². The lowest BCUT2D eigenvalue weighted by Gasteiger charge is -2.11. The Morgan fingerprint density at radius 2 is 1.68 bits per heavy atom. The Bertz CT molecular complexity index is 941. The summed E-state index contributed by atoms with van der Waals surface area (Å²) in [7, 11) is 0. The first-order valence-corrected chi connectivity index (χ1v) is 9.28. The van der Waals surface area contributed by atoms with E-state index in [0.29, 0.717) is 23.4 Å². The van der Waals surface area contributed by atoms with E-state index in [-0.39, 0.29) is 11.8 Å². The summed E-state index contributed by atoms with van der Waals surface area (Å²) >= 11 is 0. The molecule has 2 amide bonds. The predicted molar refractivity (Wildman–Crippen MR) is 110 cm³/mol. The second-order valence-electron chi connectivity index (χ2n) is 6.53. The van der Waals surface area contributed by atoms with Gasteiger partial charge in [-0.2, -0.15) is 0 Å². The third-order valence-corrected chi connectivity index (χ3v) is 4.41. The van der Waals surface area contributed by atoms with Crippen LogP contribution in [-0.4, -0.2) is 23.3 Å². The second-order valence-corrected chi connectivity index (χ2v) is 6.53. The number of nitrogens with one attached hydrogen (secondary N) is 2. The van der Waals surface area contributed by atoms with Crippen LogP contribution in [0.4, 0.5) is 5.69 Å². The number of carbonyl (C=O) groups excluding carboxylic acids is 2. The number of hydrogen-bond donors (Lipinski definition) is 2. The van der Waals surface area contributed by atoms with Crippen LogP contribution < -0.4 is 10.6 Å². The molecule has 1 aromatic heterocycles. The topological polar surface area (TPSA) is 71.1 Å². The Morgan fingerprint density at radius 1 is 0.893 bits per heavy atom. The molecule has 1 heterocycles. The van der Waals surface area contributed by atoms with Gasteiger partial charge in [0.1, 0.15) is 0 Å². The molecule has 0 radical (unpaired) electrons. The van der Waals surface area contributed by atoms with Gasteiger partial charge < -0.3 is 10.6 Å². The molecule has 0 atom stereocenters. The maximum Gasteiger partial charge on any atom is 0.255 e. The van der Waals surface area contributed by atoms with Crippen molar-refractivity contribution in [2.75, 3.05) is 11.9 Å². The maximum absolute atomic E-state index is 12.4. The number of nitrogens with zero attached hydrogens (tertiary/aromatic N) is 1. The Labute approximate surface area is 164 Å². The van der Waals surface area contributed by atoms with E-state index >= 15 is 0 Å². The largest absolute Gasteiger partial charge is 0.352 e. The molecule has 0 spiro atoms. The second kappa shape index (κ2) is 9.46. The van der Waals surface area contributed by atoms with Crippen molar-refractivity contribution < 1.29 is 9.59 Å². The average molecular weight is 373 g/mol. The first-order valence-electron chi connectivity index (χ1n) is 9.28. The van der Waals surface area contributed by atoms with E-state index in [4.69, 9.17) is 0 Å². The third kappa shape index (κ3) is 5.27. The molecule has 0 saturated heterocycles. The lowest BCUT2D eigenvalue weighted by Crippen LogP contribution is -2.25. The molecule has 5 heteroatoms. The lowest BCUT2D eigenvalue weighted by molar-refractivity contribution is 0.0951. The zero-order chi connectivity index (χ0) is 19.8. The summed E-state index contributed by atoms with van der Waals surface area (Å²) in [5.74, 6) is -0.354. The highest BCUT2D eigenvalue weighted by atomic mass is 16.2. The van der Waals surface area contributed by atoms with E-state index in [9.17, 15) is 9.59 Å². The minimum absolute atomic E-state index is 0.156. The fourth-order valence-electron chi connectivity index (χ4n) is 2.80. The van der Waals surface area contributed by atoms with Crippen LogP contribution in [-0.2, 0) is 6.42 Å². The van der Waals surface area contributed by atoms with Crippen molar-refractivity contribution in [1.29, 1.82) is 0 Å². The molecule has 0 saturated carbocycles. The van der Waals surface area contributed by atoms with Crippen molar-refractivity contribution >= 4 is 17.5 Å². The number of aryl methyl sites for hydroxylation is 2. The van der Waals surface area contributed by atoms with Gasteiger partial charge in [-0.1, -0.05) is 30.3 Å². The number of carbonyl (C=O) groups is 2. The molecule has 0 bridgehead atoms. The van der Waals surface area contributed by atoms with Crippen LogP contribution in [0.5, 0.6) is 0 Å². The Balaban J connectivity index is 1.57. The van der Waals surface area contributed by atoms with Crippen LogP contribution in [0.2, 0.25) is 0 Å². The molecular formula is C23H23N3O2. The number of benzene rings is 2. The van der Waals surface area contributed by atoms with Crippen LogP contribution in [0.1, 0.15) is 38.4 Å². The zero-order valence-electron chi connectivity index (χ0n) is 15.8. The molecule has 142 valence electrons. The molecule has 5 nitrogen and oxygen atoms in total. The van der Waals surface area contributed by atoms with E-state index in [0.717, 1.165) is 24.1 Å². The normalized spacial score (nSPS) is 10.3. The van der Waals surface area contributed by atoms with Gasteiger partial charge >= 0.3 is 0 Å². The first kappa shape index (κ1) is 19.3. The maximum atomic E-state index is 12.4. The van der Waals surface area contributed by atoms with Crippen LogP contribution >= 0.6 is 0 Å². The van der Waals surface area contributed by atoms with Gasteiger partial charge in [-0.3, -0.25) is 14.6 Å². The van der Waals surface area contributed by atoms with E-state index in [1.54, 1.807) is 30.5 Å². The minimum Gasteiger partial charge on any atom is -0.352 e. The number of amides is 2. The Hall–Kier alpha value is -3.47. The number of hydrogen-bond acceptors (Lipinski definition) is 3. The van der Waals surface area contributed by atoms with Crippen molar-refractivity contribution in [3.63, 3.8) is 0 Å². The van der Waals surface area contributed by atoms with E-state index in [1.165, 1.54) is 0 Å². The van der Waals surface area contributed by atoms with E-state index < -0.39 is 0 Å². The van der Waals surface area contributed by atoms with Crippen molar-refractivity contribution in [2.24, 2.45) is 0 Å². The van der Waals surface area contributed by atoms with Crippen LogP contribution in [0, 0.1) is 6.92 Å². The van der Waals surface area contributed by atoms with Crippen LogP contribution in [0.15, 0.2) is 72.9 Å². The fraction of sp³-hybridized carbons (Fsp3) is 0.174. The summed E-state index contributed by atoms with van der Waals surface area (Å²) in [6.45, 7) is 2.46. The third-order valence-electron chi connectivity index (χ3n) is 4.41. The summed E-state index contributed by atoms with van der Waals surface area (Å²) in [5.41, 5.74) is 3.64. The monoisotopic (exact) mass is 373 g/mol. The Kier molecular flexibility index (Phi) is 6.52. The van der Waals surface area contributed by atoms with Crippen molar-refractivity contribution in [2.45, 2.75) is 19.8 Å². The lowest BCUT2D eigenvalue weighted by atomic mass is 10.1. The molecule has 3 rings (SSSR count). The minimum atomic E-state index is -0.198. The SMILES string of the molecule is Cc1ccc(C(=O)NCCCc2ccccn2)cc1NC(=O)c1ccccc1. The van der Waals surface area contributed by atoms with Crippen LogP contribution in [0.25, 0.3) is 0 Å². The molecule has 2 aromatic carbocycles. The van der Waals surface area contributed by atoms with Crippen molar-refractivity contribution in [3.8, 4) is 0 Å². The molecular weight excluding hydrogens is 350 g/mol. The number of pyridine rings is 1. The highest BCUT2D eigenvalue weighted by molar-refractivity contribution is 6.05. The number of anilines is 1. The molecule has 0 aliphatic rings. The summed E-state index contributed by atoms with van der Waals surface area (Å²) in [4.78, 5) is 29.1. The quantitative estimate of drug-likeness (QED) is 0.615. The molecule has 2 N–H and O–H groups in total. The summed E-state index contributed by atoms with van der Waals surface area (Å²) in [6.07, 6.45) is 3.39. The van der Waals surface area contributed by atoms with Gasteiger partial charge in [-0.15, -0.1) is 0 Å². The molecule has 0 aliphatic heterocycles. The number of aromatic nitrogens is 1. The van der Waals surface area contributed by atoms with Gasteiger partial charge in [0.15, 0.2) is 0 Å². The standard InChI is InChI=1S/C23H23N3O2/c1-17-12-13-19(16-21(17)26-23(28)18-8-3-2-4-9-18)22(27)25-15-7-11-20-10-5-6-14-24-20/h2-6,8-10,12-14,16H,7,11,15H2,1H3,(H,25,27)(H,26,28). The Morgan fingerprint density at radius 3 is 2.43 bits per heavy atom. The zero-order valence-corrected chi connectivity index (χ0v) is 15.8. The van der Waals surface area contributed by atoms with Gasteiger partial charge in [-0.05, 0) is 61.7 Å². The molecule has 28 heavy (non-hydrogen) atoms. The van der Waals surface area contributed by atoms with E-state index in [1.807, 2.05) is 49.4 Å². The smallest absolute Gasteiger partial charge is 0.255 e. The molecule has 0 unspecified atom stereocenters. The molecule has 3 aromatic rings. The summed E-state index contributed by atoms with van der Waals surface area (Å²) < 4.78 is 0. The van der Waals surface area contributed by atoms with Crippen molar-refractivity contribution in [3.05, 3.63) is 95.3 Å². The van der Waals surface area contributed by atoms with Gasteiger partial charge in [0, 0.05) is 35.2 Å². The van der Waals surface area contributed by atoms with Crippen molar-refractivity contribution in [1.82, 2.24) is 10.3 Å². The van der Waals surface area contributed by atoms with Crippen LogP contribution in [0.3, 0.4) is 0 Å². The highest BCUT2D eigenvalue weighted by Gasteiger charge is 2.11. The molecule has 0 aliphatic carbocycles. The van der Waals surface area contributed by atoms with Gasteiger partial charge in [0.25, 0.3) is 11.8 Å². The van der Waals surface area contributed by atoms with Gasteiger partial charge in [0.2, 0.25) is 0 Å². The van der Waals surface area contributed by atoms with E-state index in [2.05, 4.69) is 15.6 Å². The first-order chi connectivity index (χ1) is 13.6.